The van der Waals surface area contributed by atoms with Gasteiger partial charge in [-0.2, -0.15) is 0 Å². The number of allylic oxidation sites excluding steroid dienone is 3. The summed E-state index contributed by atoms with van der Waals surface area (Å²) in [6.07, 6.45) is 6.49. The van der Waals surface area contributed by atoms with E-state index in [0.717, 1.165) is 6.42 Å². The van der Waals surface area contributed by atoms with E-state index in [9.17, 15) is 0 Å². The van der Waals surface area contributed by atoms with Crippen LogP contribution in [0, 0.1) is 0 Å². The second-order valence-electron chi connectivity index (χ2n) is 1.30. The summed E-state index contributed by atoms with van der Waals surface area (Å²) in [5.74, 6) is 0. The first-order chi connectivity index (χ1) is 3.77. The lowest BCUT2D eigenvalue weighted by atomic mass is 10.4. The standard InChI is InChI=1S/C6H8Cl2/c1-2-3-4-5-6(7)8/h2-3,5H,4H2,1H3/b3-2+. The molecule has 0 aliphatic rings. The first kappa shape index (κ1) is 8.06. The van der Waals surface area contributed by atoms with Gasteiger partial charge in [0.25, 0.3) is 0 Å². The van der Waals surface area contributed by atoms with Crippen molar-refractivity contribution < 1.29 is 0 Å². The molecular weight excluding hydrogens is 143 g/mol. The van der Waals surface area contributed by atoms with E-state index >= 15 is 0 Å². The van der Waals surface area contributed by atoms with E-state index in [1.165, 1.54) is 0 Å². The zero-order valence-electron chi connectivity index (χ0n) is 4.70. The summed E-state index contributed by atoms with van der Waals surface area (Å²) in [6, 6.07) is 0. The molecule has 0 bridgehead atoms. The second-order valence-corrected chi connectivity index (χ2v) is 2.31. The van der Waals surface area contributed by atoms with E-state index < -0.39 is 0 Å². The molecule has 0 unspecified atom stereocenters. The van der Waals surface area contributed by atoms with E-state index in [4.69, 9.17) is 23.2 Å². The van der Waals surface area contributed by atoms with Crippen LogP contribution in [0.5, 0.6) is 0 Å². The number of halogens is 2. The zero-order valence-corrected chi connectivity index (χ0v) is 6.21. The summed E-state index contributed by atoms with van der Waals surface area (Å²) in [7, 11) is 0. The lowest BCUT2D eigenvalue weighted by Gasteiger charge is -1.78. The van der Waals surface area contributed by atoms with Gasteiger partial charge < -0.3 is 0 Å². The summed E-state index contributed by atoms with van der Waals surface area (Å²) >= 11 is 10.6. The molecule has 0 N–H and O–H groups in total. The Kier molecular flexibility index (Phi) is 5.24. The molecule has 46 valence electrons. The molecule has 0 fully saturated rings. The fourth-order valence-electron chi connectivity index (χ4n) is 0.293. The Morgan fingerprint density at radius 2 is 2.12 bits per heavy atom. The molecule has 0 atom stereocenters. The van der Waals surface area contributed by atoms with Crippen molar-refractivity contribution in [1.29, 1.82) is 0 Å². The molecule has 0 saturated heterocycles. The maximum atomic E-state index is 5.31. The van der Waals surface area contributed by atoms with Gasteiger partial charge in [0, 0.05) is 0 Å². The summed E-state index contributed by atoms with van der Waals surface area (Å²) < 4.78 is 0.336. The summed E-state index contributed by atoms with van der Waals surface area (Å²) in [6.45, 7) is 1.95. The van der Waals surface area contributed by atoms with Gasteiger partial charge in [-0.3, -0.25) is 0 Å². The van der Waals surface area contributed by atoms with Crippen LogP contribution in [0.4, 0.5) is 0 Å². The third kappa shape index (κ3) is 6.06. The summed E-state index contributed by atoms with van der Waals surface area (Å²) in [4.78, 5) is 0. The Balaban J connectivity index is 3.30. The fourth-order valence-corrected chi connectivity index (χ4v) is 0.471. The zero-order chi connectivity index (χ0) is 6.41. The Morgan fingerprint density at radius 1 is 1.50 bits per heavy atom. The van der Waals surface area contributed by atoms with E-state index in [1.54, 1.807) is 6.08 Å². The van der Waals surface area contributed by atoms with Crippen molar-refractivity contribution in [3.63, 3.8) is 0 Å². The molecule has 2 heteroatoms. The Hall–Kier alpha value is 0.0600. The van der Waals surface area contributed by atoms with Crippen molar-refractivity contribution >= 4 is 23.2 Å². The minimum absolute atomic E-state index is 0.336. The van der Waals surface area contributed by atoms with Gasteiger partial charge in [0.2, 0.25) is 0 Å². The predicted octanol–water partition coefficient (Wildman–Crippen LogP) is 3.27. The lowest BCUT2D eigenvalue weighted by Crippen LogP contribution is -1.55. The highest BCUT2D eigenvalue weighted by atomic mass is 35.5. The monoisotopic (exact) mass is 150 g/mol. The molecule has 0 aromatic rings. The van der Waals surface area contributed by atoms with Gasteiger partial charge >= 0.3 is 0 Å². The van der Waals surface area contributed by atoms with Crippen molar-refractivity contribution in [2.75, 3.05) is 0 Å². The SMILES string of the molecule is C/C=C/CC=C(Cl)Cl. The Morgan fingerprint density at radius 3 is 2.50 bits per heavy atom. The summed E-state index contributed by atoms with van der Waals surface area (Å²) in [5.41, 5.74) is 0. The molecule has 0 spiro atoms. The maximum Gasteiger partial charge on any atom is 0.103 e. The topological polar surface area (TPSA) is 0 Å². The normalized spacial score (nSPS) is 9.88. The van der Waals surface area contributed by atoms with Gasteiger partial charge in [-0.1, -0.05) is 41.4 Å². The average molecular weight is 151 g/mol. The molecule has 0 aromatic carbocycles. The Bertz CT molecular complexity index is 99.1. The van der Waals surface area contributed by atoms with Crippen molar-refractivity contribution in [2.45, 2.75) is 13.3 Å². The van der Waals surface area contributed by atoms with Crippen LogP contribution in [0.1, 0.15) is 13.3 Å². The molecule has 0 amide bonds. The molecule has 8 heavy (non-hydrogen) atoms. The van der Waals surface area contributed by atoms with E-state index in [2.05, 4.69) is 0 Å². The molecule has 0 rings (SSSR count). The molecule has 0 nitrogen and oxygen atoms in total. The molecule has 0 aliphatic heterocycles. The smallest absolute Gasteiger partial charge is 0.0914 e. The number of hydrogen-bond donors (Lipinski definition) is 0. The van der Waals surface area contributed by atoms with Crippen LogP contribution in [0.15, 0.2) is 22.7 Å². The largest absolute Gasteiger partial charge is 0.103 e. The van der Waals surface area contributed by atoms with Crippen LogP contribution in [0.3, 0.4) is 0 Å². The number of rotatable bonds is 2. The molecule has 0 aliphatic carbocycles. The number of hydrogen-bond acceptors (Lipinski definition) is 0. The highest BCUT2D eigenvalue weighted by Crippen LogP contribution is 2.06. The highest BCUT2D eigenvalue weighted by Gasteiger charge is 1.76. The molecule has 0 radical (unpaired) electrons. The van der Waals surface area contributed by atoms with E-state index in [0.29, 0.717) is 4.49 Å². The van der Waals surface area contributed by atoms with Gasteiger partial charge in [-0.05, 0) is 13.3 Å². The quantitative estimate of drug-likeness (QED) is 0.531. The van der Waals surface area contributed by atoms with Crippen LogP contribution < -0.4 is 0 Å². The van der Waals surface area contributed by atoms with Gasteiger partial charge in [-0.25, -0.2) is 0 Å². The van der Waals surface area contributed by atoms with Gasteiger partial charge in [-0.15, -0.1) is 0 Å². The maximum absolute atomic E-state index is 5.31. The first-order valence-electron chi connectivity index (χ1n) is 2.39. The summed E-state index contributed by atoms with van der Waals surface area (Å²) in [5, 5.41) is 0. The van der Waals surface area contributed by atoms with Crippen LogP contribution in [-0.4, -0.2) is 0 Å². The van der Waals surface area contributed by atoms with Crippen LogP contribution in [0.2, 0.25) is 0 Å². The molecule has 0 saturated carbocycles. The minimum atomic E-state index is 0.336. The Labute approximate surface area is 59.8 Å². The van der Waals surface area contributed by atoms with Crippen LogP contribution in [-0.2, 0) is 0 Å². The van der Waals surface area contributed by atoms with E-state index in [1.807, 2.05) is 19.1 Å². The van der Waals surface area contributed by atoms with Crippen molar-refractivity contribution in [3.8, 4) is 0 Å². The van der Waals surface area contributed by atoms with Gasteiger partial charge in [0.15, 0.2) is 0 Å². The van der Waals surface area contributed by atoms with Gasteiger partial charge in [0.05, 0.1) is 0 Å². The first-order valence-corrected chi connectivity index (χ1v) is 3.15. The molecular formula is C6H8Cl2. The lowest BCUT2D eigenvalue weighted by molar-refractivity contribution is 1.38. The minimum Gasteiger partial charge on any atom is -0.0914 e. The van der Waals surface area contributed by atoms with E-state index in [-0.39, 0.29) is 0 Å². The van der Waals surface area contributed by atoms with Crippen molar-refractivity contribution in [3.05, 3.63) is 22.7 Å². The van der Waals surface area contributed by atoms with Crippen molar-refractivity contribution in [2.24, 2.45) is 0 Å². The molecule has 0 aromatic heterocycles. The fraction of sp³-hybridized carbons (Fsp3) is 0.333. The third-order valence-corrected chi connectivity index (χ3v) is 0.953. The third-order valence-electron chi connectivity index (χ3n) is 0.644. The molecule has 0 heterocycles. The predicted molar refractivity (Wildman–Crippen MR) is 39.2 cm³/mol. The van der Waals surface area contributed by atoms with Crippen LogP contribution >= 0.6 is 23.2 Å². The highest BCUT2D eigenvalue weighted by molar-refractivity contribution is 6.55. The second kappa shape index (κ2) is 5.20. The average Bonchev–Trinajstić information content (AvgIpc) is 1.66. The van der Waals surface area contributed by atoms with Gasteiger partial charge in [0.1, 0.15) is 4.49 Å². The van der Waals surface area contributed by atoms with Crippen LogP contribution in [0.25, 0.3) is 0 Å². The van der Waals surface area contributed by atoms with Crippen molar-refractivity contribution in [1.82, 2.24) is 0 Å².